The Bertz CT molecular complexity index is 784. The molecule has 2 heterocycles. The van der Waals surface area contributed by atoms with Gasteiger partial charge in [0.15, 0.2) is 5.54 Å². The fourth-order valence-corrected chi connectivity index (χ4v) is 2.81. The van der Waals surface area contributed by atoms with Gasteiger partial charge in [0, 0.05) is 36.5 Å². The number of amides is 1. The Kier molecular flexibility index (Phi) is 5.53. The maximum atomic E-state index is 12.0. The average Bonchev–Trinajstić information content (AvgIpc) is 3.26. The lowest BCUT2D eigenvalue weighted by Crippen LogP contribution is -2.55. The lowest BCUT2D eigenvalue weighted by Gasteiger charge is -2.23. The number of carboxylic acid groups (broad SMARTS) is 1. The van der Waals surface area contributed by atoms with E-state index in [2.05, 4.69) is 15.5 Å². The van der Waals surface area contributed by atoms with Crippen LogP contribution in [0.3, 0.4) is 0 Å². The summed E-state index contributed by atoms with van der Waals surface area (Å²) in [5.74, 6) is -0.544. The molecule has 1 aromatic carbocycles. The molecule has 1 aliphatic rings. The molecule has 3 rings (SSSR count). The highest BCUT2D eigenvalue weighted by molar-refractivity contribution is 6.30. The van der Waals surface area contributed by atoms with Crippen molar-refractivity contribution in [3.8, 4) is 11.4 Å². The molecule has 1 fully saturated rings. The Labute approximate surface area is 154 Å². The third kappa shape index (κ3) is 4.20. The number of benzene rings is 1. The number of hydrogen-bond acceptors (Lipinski definition) is 6. The fraction of sp³-hybridized carbons (Fsp3) is 0.412. The number of ether oxygens (including phenoxy) is 1. The number of aryl methyl sites for hydroxylation is 1. The number of hydrogen-bond donors (Lipinski definition) is 2. The number of rotatable bonds is 7. The summed E-state index contributed by atoms with van der Waals surface area (Å²) < 4.78 is 10.3. The highest BCUT2D eigenvalue weighted by atomic mass is 35.5. The van der Waals surface area contributed by atoms with E-state index in [0.29, 0.717) is 36.2 Å². The molecule has 1 aliphatic heterocycles. The van der Waals surface area contributed by atoms with Gasteiger partial charge in [-0.1, -0.05) is 16.8 Å². The smallest absolute Gasteiger partial charge is 0.331 e. The molecule has 138 valence electrons. The van der Waals surface area contributed by atoms with Crippen molar-refractivity contribution < 1.29 is 24.0 Å². The van der Waals surface area contributed by atoms with Crippen LogP contribution < -0.4 is 5.32 Å². The standard InChI is InChI=1S/C17H18ClN3O5/c18-12-6-4-11(5-7-12)15-19-14(26-21-15)3-1-2-13(22)20-17(16(23)24)8-9-25-10-17/h4-7H,1-3,8-10H2,(H,20,22)(H,23,24). The molecule has 9 heteroatoms. The average molecular weight is 380 g/mol. The van der Waals surface area contributed by atoms with Crippen molar-refractivity contribution in [2.75, 3.05) is 13.2 Å². The lowest BCUT2D eigenvalue weighted by molar-refractivity contribution is -0.147. The first-order valence-electron chi connectivity index (χ1n) is 8.19. The molecular formula is C17H18ClN3O5. The zero-order valence-electron chi connectivity index (χ0n) is 13.9. The molecule has 2 N–H and O–H groups in total. The first kappa shape index (κ1) is 18.3. The van der Waals surface area contributed by atoms with Gasteiger partial charge >= 0.3 is 5.97 Å². The van der Waals surface area contributed by atoms with Crippen LogP contribution in [0.15, 0.2) is 28.8 Å². The van der Waals surface area contributed by atoms with E-state index < -0.39 is 11.5 Å². The maximum Gasteiger partial charge on any atom is 0.331 e. The third-order valence-corrected chi connectivity index (χ3v) is 4.43. The van der Waals surface area contributed by atoms with Crippen molar-refractivity contribution in [2.45, 2.75) is 31.2 Å². The number of carbonyl (C=O) groups is 2. The molecule has 0 radical (unpaired) electrons. The Hall–Kier alpha value is -2.45. The summed E-state index contributed by atoms with van der Waals surface area (Å²) >= 11 is 5.85. The van der Waals surface area contributed by atoms with Crippen LogP contribution in [0.25, 0.3) is 11.4 Å². The molecule has 26 heavy (non-hydrogen) atoms. The third-order valence-electron chi connectivity index (χ3n) is 4.17. The second kappa shape index (κ2) is 7.84. The van der Waals surface area contributed by atoms with Gasteiger partial charge in [-0.25, -0.2) is 4.79 Å². The predicted octanol–water partition coefficient (Wildman–Crippen LogP) is 2.07. The minimum absolute atomic E-state index is 0.0117. The van der Waals surface area contributed by atoms with E-state index in [1.54, 1.807) is 24.3 Å². The Balaban J connectivity index is 1.50. The topological polar surface area (TPSA) is 115 Å². The Morgan fingerprint density at radius 1 is 1.31 bits per heavy atom. The van der Waals surface area contributed by atoms with Crippen molar-refractivity contribution in [2.24, 2.45) is 0 Å². The molecule has 0 bridgehead atoms. The van der Waals surface area contributed by atoms with E-state index in [-0.39, 0.29) is 25.4 Å². The molecule has 1 saturated heterocycles. The predicted molar refractivity (Wildman–Crippen MR) is 91.6 cm³/mol. The van der Waals surface area contributed by atoms with Crippen LogP contribution in [-0.4, -0.2) is 45.9 Å². The highest BCUT2D eigenvalue weighted by Crippen LogP contribution is 2.20. The van der Waals surface area contributed by atoms with Crippen LogP contribution in [0, 0.1) is 0 Å². The number of aliphatic carboxylic acids is 1. The molecule has 8 nitrogen and oxygen atoms in total. The number of carbonyl (C=O) groups excluding carboxylic acids is 1. The van der Waals surface area contributed by atoms with Gasteiger partial charge in [0.05, 0.1) is 6.61 Å². The van der Waals surface area contributed by atoms with Crippen molar-refractivity contribution in [1.29, 1.82) is 0 Å². The summed E-state index contributed by atoms with van der Waals surface area (Å²) in [7, 11) is 0. The lowest BCUT2D eigenvalue weighted by atomic mass is 9.98. The highest BCUT2D eigenvalue weighted by Gasteiger charge is 2.43. The molecule has 0 saturated carbocycles. The van der Waals surface area contributed by atoms with Gasteiger partial charge in [-0.2, -0.15) is 4.98 Å². The first-order chi connectivity index (χ1) is 12.5. The maximum absolute atomic E-state index is 12.0. The Morgan fingerprint density at radius 2 is 2.08 bits per heavy atom. The molecule has 1 atom stereocenters. The van der Waals surface area contributed by atoms with Gasteiger partial charge in [0.25, 0.3) is 0 Å². The summed E-state index contributed by atoms with van der Waals surface area (Å²) in [6.45, 7) is 0.310. The van der Waals surface area contributed by atoms with Gasteiger partial charge < -0.3 is 19.7 Å². The van der Waals surface area contributed by atoms with Gasteiger partial charge in [-0.15, -0.1) is 0 Å². The summed E-state index contributed by atoms with van der Waals surface area (Å²) in [5.41, 5.74) is -0.532. The largest absolute Gasteiger partial charge is 0.479 e. The van der Waals surface area contributed by atoms with E-state index >= 15 is 0 Å². The molecule has 0 aliphatic carbocycles. The van der Waals surface area contributed by atoms with Crippen molar-refractivity contribution in [1.82, 2.24) is 15.5 Å². The molecular weight excluding hydrogens is 362 g/mol. The van der Waals surface area contributed by atoms with Gasteiger partial charge in [-0.3, -0.25) is 4.79 Å². The quantitative estimate of drug-likeness (QED) is 0.756. The number of nitrogens with one attached hydrogen (secondary N) is 1. The van der Waals surface area contributed by atoms with Crippen LogP contribution in [-0.2, 0) is 20.7 Å². The summed E-state index contributed by atoms with van der Waals surface area (Å²) in [6.07, 6.45) is 1.31. The summed E-state index contributed by atoms with van der Waals surface area (Å²) in [4.78, 5) is 27.7. The molecule has 1 amide bonds. The van der Waals surface area contributed by atoms with Crippen LogP contribution in [0.1, 0.15) is 25.2 Å². The SMILES string of the molecule is O=C(CCCc1nc(-c2ccc(Cl)cc2)no1)NC1(C(=O)O)CCOC1. The number of halogens is 1. The van der Waals surface area contributed by atoms with Crippen LogP contribution >= 0.6 is 11.6 Å². The number of aromatic nitrogens is 2. The van der Waals surface area contributed by atoms with Crippen molar-refractivity contribution >= 4 is 23.5 Å². The van der Waals surface area contributed by atoms with Crippen molar-refractivity contribution in [3.63, 3.8) is 0 Å². The first-order valence-corrected chi connectivity index (χ1v) is 8.57. The van der Waals surface area contributed by atoms with E-state index in [4.69, 9.17) is 20.9 Å². The van der Waals surface area contributed by atoms with E-state index in [1.807, 2.05) is 0 Å². The number of carboxylic acids is 1. The molecule has 1 aromatic heterocycles. The molecule has 2 aromatic rings. The zero-order chi connectivity index (χ0) is 18.6. The van der Waals surface area contributed by atoms with E-state index in [9.17, 15) is 14.7 Å². The van der Waals surface area contributed by atoms with Gasteiger partial charge in [0.1, 0.15) is 0 Å². The molecule has 1 unspecified atom stereocenters. The Morgan fingerprint density at radius 3 is 2.73 bits per heavy atom. The summed E-state index contributed by atoms with van der Waals surface area (Å²) in [6, 6.07) is 7.06. The van der Waals surface area contributed by atoms with Crippen LogP contribution in [0.4, 0.5) is 0 Å². The second-order valence-corrected chi connectivity index (χ2v) is 6.55. The normalized spacial score (nSPS) is 19.4. The van der Waals surface area contributed by atoms with Crippen molar-refractivity contribution in [3.05, 3.63) is 35.2 Å². The van der Waals surface area contributed by atoms with Gasteiger partial charge in [-0.05, 0) is 30.7 Å². The minimum Gasteiger partial charge on any atom is -0.479 e. The zero-order valence-corrected chi connectivity index (χ0v) is 14.7. The molecule has 0 spiro atoms. The van der Waals surface area contributed by atoms with Gasteiger partial charge in [0.2, 0.25) is 17.6 Å². The monoisotopic (exact) mass is 379 g/mol. The van der Waals surface area contributed by atoms with E-state index in [1.165, 1.54) is 0 Å². The number of nitrogens with zero attached hydrogens (tertiary/aromatic N) is 2. The fourth-order valence-electron chi connectivity index (χ4n) is 2.69. The summed E-state index contributed by atoms with van der Waals surface area (Å²) in [5, 5.41) is 16.4. The van der Waals surface area contributed by atoms with Crippen LogP contribution in [0.5, 0.6) is 0 Å². The minimum atomic E-state index is -1.32. The van der Waals surface area contributed by atoms with E-state index in [0.717, 1.165) is 5.56 Å². The second-order valence-electron chi connectivity index (χ2n) is 6.11. The van der Waals surface area contributed by atoms with Crippen LogP contribution in [0.2, 0.25) is 5.02 Å².